The number of nitrogens with one attached hydrogen (secondary N) is 3. The summed E-state index contributed by atoms with van der Waals surface area (Å²) >= 11 is 0. The van der Waals surface area contributed by atoms with Crippen LogP contribution >= 0.6 is 0 Å². The molecule has 0 bridgehead atoms. The number of fused-ring (bicyclic) bond motifs is 1. The molecule has 0 amide bonds. The molecule has 0 spiro atoms. The highest BCUT2D eigenvalue weighted by Gasteiger charge is 2.30. The van der Waals surface area contributed by atoms with Gasteiger partial charge in [-0.2, -0.15) is 13.2 Å². The second-order valence-electron chi connectivity index (χ2n) is 7.65. The molecule has 1 unspecified atom stereocenters. The van der Waals surface area contributed by atoms with Gasteiger partial charge in [-0.25, -0.2) is 4.98 Å². The Bertz CT molecular complexity index is 1320. The van der Waals surface area contributed by atoms with Gasteiger partial charge in [0, 0.05) is 36.0 Å². The lowest BCUT2D eigenvalue weighted by Crippen LogP contribution is -2.34. The number of methoxy groups -OCH3 is 1. The van der Waals surface area contributed by atoms with E-state index in [-0.39, 0.29) is 11.5 Å². The van der Waals surface area contributed by atoms with E-state index in [0.29, 0.717) is 33.8 Å². The van der Waals surface area contributed by atoms with Crippen molar-refractivity contribution in [3.05, 3.63) is 82.0 Å². The van der Waals surface area contributed by atoms with Gasteiger partial charge in [0.2, 0.25) is 5.88 Å². The van der Waals surface area contributed by atoms with Crippen molar-refractivity contribution in [3.63, 3.8) is 0 Å². The van der Waals surface area contributed by atoms with E-state index in [1.165, 1.54) is 23.9 Å². The number of alkyl halides is 3. The molecule has 35 heavy (non-hydrogen) atoms. The molecular weight excluding hydrogens is 463 g/mol. The summed E-state index contributed by atoms with van der Waals surface area (Å²) in [5.74, 6) is 0.601. The predicted molar refractivity (Wildman–Crippen MR) is 127 cm³/mol. The first kappa shape index (κ1) is 24.0. The Labute approximate surface area is 198 Å². The first-order valence-corrected chi connectivity index (χ1v) is 10.5. The quantitative estimate of drug-likeness (QED) is 0.578. The summed E-state index contributed by atoms with van der Waals surface area (Å²) in [6.45, 7) is -1.44. The Kier molecular flexibility index (Phi) is 6.61. The number of anilines is 1. The molecule has 2 aromatic rings. The fourth-order valence-electron chi connectivity index (χ4n) is 3.65. The summed E-state index contributed by atoms with van der Waals surface area (Å²) in [6, 6.07) is 4.85. The molecule has 0 fully saturated rings. The minimum Gasteiger partial charge on any atom is -0.481 e. The Morgan fingerprint density at radius 3 is 2.74 bits per heavy atom. The van der Waals surface area contributed by atoms with Gasteiger partial charge in [-0.1, -0.05) is 12.2 Å². The zero-order valence-electron chi connectivity index (χ0n) is 18.8. The number of aromatic nitrogens is 2. The monoisotopic (exact) mass is 485 g/mol. The Balaban J connectivity index is 1.85. The van der Waals surface area contributed by atoms with Gasteiger partial charge in [0.05, 0.1) is 24.7 Å². The van der Waals surface area contributed by atoms with Crippen molar-refractivity contribution in [1.29, 1.82) is 5.41 Å². The summed E-state index contributed by atoms with van der Waals surface area (Å²) in [5.41, 5.74) is 2.31. The number of hydrogen-bond acceptors (Lipinski definition) is 7. The SMILES string of the molecule is CN/C=C1/C=C(c2cc3c(n(-c4ccc(OC)nc4)c2=O)NC(OCC(F)(F)F)C=C3)C=CC1=N. The third-order valence-electron chi connectivity index (χ3n) is 5.24. The number of hydrogen-bond donors (Lipinski definition) is 3. The van der Waals surface area contributed by atoms with Crippen molar-refractivity contribution in [2.24, 2.45) is 0 Å². The highest BCUT2D eigenvalue weighted by Crippen LogP contribution is 2.30. The molecule has 0 saturated carbocycles. The highest BCUT2D eigenvalue weighted by molar-refractivity contribution is 6.13. The predicted octanol–water partition coefficient (Wildman–Crippen LogP) is 3.66. The van der Waals surface area contributed by atoms with Crippen molar-refractivity contribution in [1.82, 2.24) is 14.9 Å². The van der Waals surface area contributed by atoms with Crippen molar-refractivity contribution in [2.75, 3.05) is 26.1 Å². The molecule has 1 aliphatic heterocycles. The second-order valence-corrected chi connectivity index (χ2v) is 7.65. The first-order chi connectivity index (χ1) is 16.7. The molecule has 2 aliphatic rings. The molecule has 4 rings (SSSR count). The van der Waals surface area contributed by atoms with E-state index in [4.69, 9.17) is 14.9 Å². The van der Waals surface area contributed by atoms with Crippen LogP contribution in [0.4, 0.5) is 19.0 Å². The molecule has 3 heterocycles. The lowest BCUT2D eigenvalue weighted by Gasteiger charge is -2.27. The molecule has 182 valence electrons. The van der Waals surface area contributed by atoms with E-state index in [0.717, 1.165) is 0 Å². The van der Waals surface area contributed by atoms with Crippen molar-refractivity contribution >= 4 is 23.2 Å². The van der Waals surface area contributed by atoms with E-state index in [1.807, 2.05) is 0 Å². The van der Waals surface area contributed by atoms with Crippen LogP contribution in [0.25, 0.3) is 17.3 Å². The van der Waals surface area contributed by atoms with Gasteiger partial charge >= 0.3 is 6.18 Å². The summed E-state index contributed by atoms with van der Waals surface area (Å²) in [5, 5.41) is 13.8. The maximum absolute atomic E-state index is 13.7. The van der Waals surface area contributed by atoms with Crippen LogP contribution in [0.2, 0.25) is 0 Å². The van der Waals surface area contributed by atoms with Crippen LogP contribution in [0, 0.1) is 5.41 Å². The average Bonchev–Trinajstić information content (AvgIpc) is 2.83. The van der Waals surface area contributed by atoms with Gasteiger partial charge in [-0.15, -0.1) is 0 Å². The summed E-state index contributed by atoms with van der Waals surface area (Å²) in [7, 11) is 3.17. The normalized spacial score (nSPS) is 18.2. The lowest BCUT2D eigenvalue weighted by molar-refractivity contribution is -0.178. The smallest absolute Gasteiger partial charge is 0.411 e. The molecule has 8 nitrogen and oxygen atoms in total. The molecular formula is C24H22F3N5O3. The third kappa shape index (κ3) is 5.19. The fraction of sp³-hybridized carbons (Fsp3) is 0.208. The van der Waals surface area contributed by atoms with Crippen LogP contribution in [0.5, 0.6) is 5.88 Å². The van der Waals surface area contributed by atoms with E-state index < -0.39 is 24.6 Å². The van der Waals surface area contributed by atoms with Gasteiger partial charge in [-0.05, 0) is 35.9 Å². The van der Waals surface area contributed by atoms with Gasteiger partial charge < -0.3 is 25.5 Å². The molecule has 0 aromatic carbocycles. The Hall–Kier alpha value is -4.12. The Morgan fingerprint density at radius 2 is 2.09 bits per heavy atom. The minimum absolute atomic E-state index is 0.263. The zero-order valence-corrected chi connectivity index (χ0v) is 18.8. The van der Waals surface area contributed by atoms with E-state index >= 15 is 0 Å². The second kappa shape index (κ2) is 9.63. The van der Waals surface area contributed by atoms with Gasteiger partial charge in [0.25, 0.3) is 5.56 Å². The van der Waals surface area contributed by atoms with Crippen molar-refractivity contribution < 1.29 is 22.6 Å². The average molecular weight is 485 g/mol. The van der Waals surface area contributed by atoms with E-state index in [2.05, 4.69) is 15.6 Å². The van der Waals surface area contributed by atoms with Crippen LogP contribution < -0.4 is 20.9 Å². The number of rotatable bonds is 6. The fourth-order valence-corrected chi connectivity index (χ4v) is 3.65. The minimum atomic E-state index is -4.49. The molecule has 3 N–H and O–H groups in total. The van der Waals surface area contributed by atoms with E-state index in [1.54, 1.807) is 55.8 Å². The van der Waals surface area contributed by atoms with Crippen molar-refractivity contribution in [2.45, 2.75) is 12.4 Å². The van der Waals surface area contributed by atoms with Crippen LogP contribution in [-0.2, 0) is 4.74 Å². The highest BCUT2D eigenvalue weighted by atomic mass is 19.4. The van der Waals surface area contributed by atoms with Gasteiger partial charge in [-0.3, -0.25) is 9.36 Å². The van der Waals surface area contributed by atoms with Gasteiger partial charge in [0.15, 0.2) is 0 Å². The number of allylic oxidation sites excluding steroid dienone is 5. The molecule has 2 aromatic heterocycles. The summed E-state index contributed by atoms with van der Waals surface area (Å²) in [4.78, 5) is 17.9. The molecule has 0 saturated heterocycles. The molecule has 11 heteroatoms. The third-order valence-corrected chi connectivity index (χ3v) is 5.24. The molecule has 0 radical (unpaired) electrons. The van der Waals surface area contributed by atoms with Crippen LogP contribution in [0.1, 0.15) is 11.1 Å². The van der Waals surface area contributed by atoms with Crippen LogP contribution in [0.15, 0.2) is 65.3 Å². The van der Waals surface area contributed by atoms with Crippen LogP contribution in [-0.4, -0.2) is 48.4 Å². The van der Waals surface area contributed by atoms with Crippen molar-refractivity contribution in [3.8, 4) is 11.6 Å². The Morgan fingerprint density at radius 1 is 1.29 bits per heavy atom. The van der Waals surface area contributed by atoms with Crippen LogP contribution in [0.3, 0.4) is 0 Å². The lowest BCUT2D eigenvalue weighted by atomic mass is 9.95. The number of pyridine rings is 2. The summed E-state index contributed by atoms with van der Waals surface area (Å²) in [6.07, 6.45) is 5.53. The zero-order chi connectivity index (χ0) is 25.2. The largest absolute Gasteiger partial charge is 0.481 e. The maximum atomic E-state index is 13.7. The standard InChI is InChI=1S/C24H22F3N5O3/c1-29-11-16-9-14(3-6-19(16)28)18-10-15-4-7-21(35-13-24(25,26)27)31-22(15)32(23(18)33)17-5-8-20(34-2)30-12-17/h3-12,21,28-29,31H,13H2,1-2H3/b16-11-,28-19?. The summed E-state index contributed by atoms with van der Waals surface area (Å²) < 4.78 is 49.4. The van der Waals surface area contributed by atoms with E-state index in [9.17, 15) is 18.0 Å². The maximum Gasteiger partial charge on any atom is 0.411 e. The number of halogens is 3. The molecule has 1 atom stereocenters. The number of nitrogens with zero attached hydrogens (tertiary/aromatic N) is 2. The topological polar surface area (TPSA) is 101 Å². The molecule has 1 aliphatic carbocycles. The first-order valence-electron chi connectivity index (χ1n) is 10.5. The number of ether oxygens (including phenoxy) is 2. The van der Waals surface area contributed by atoms with Gasteiger partial charge in [0.1, 0.15) is 18.7 Å².